The van der Waals surface area contributed by atoms with E-state index in [4.69, 9.17) is 5.73 Å². The summed E-state index contributed by atoms with van der Waals surface area (Å²) < 4.78 is 0. The molecule has 0 radical (unpaired) electrons. The first-order valence-corrected chi connectivity index (χ1v) is 6.56. The van der Waals surface area contributed by atoms with Crippen molar-refractivity contribution in [2.45, 2.75) is 19.8 Å². The molecule has 0 bridgehead atoms. The summed E-state index contributed by atoms with van der Waals surface area (Å²) in [4.78, 5) is 16.2. The lowest BCUT2D eigenvalue weighted by atomic mass is 10.0. The van der Waals surface area contributed by atoms with Gasteiger partial charge in [-0.25, -0.2) is 0 Å². The summed E-state index contributed by atoms with van der Waals surface area (Å²) in [5.41, 5.74) is 7.19. The second-order valence-electron chi connectivity index (χ2n) is 4.73. The van der Waals surface area contributed by atoms with Crippen LogP contribution >= 0.6 is 0 Å². The van der Waals surface area contributed by atoms with Crippen LogP contribution in [0.1, 0.15) is 19.8 Å². The van der Waals surface area contributed by atoms with Crippen LogP contribution in [0.15, 0.2) is 36.5 Å². The predicted molar refractivity (Wildman–Crippen MR) is 77.8 cm³/mol. The number of carbonyl (C=O) groups excluding carboxylic acids is 1. The number of pyridine rings is 1. The van der Waals surface area contributed by atoms with Crippen LogP contribution in [0, 0.1) is 5.92 Å². The molecule has 0 saturated carbocycles. The Balaban J connectivity index is 2.06. The van der Waals surface area contributed by atoms with E-state index in [0.29, 0.717) is 6.54 Å². The number of nitrogens with zero attached hydrogens (tertiary/aromatic N) is 1. The monoisotopic (exact) mass is 257 g/mol. The van der Waals surface area contributed by atoms with Crippen molar-refractivity contribution >= 4 is 22.5 Å². The van der Waals surface area contributed by atoms with Crippen molar-refractivity contribution in [3.8, 4) is 0 Å². The van der Waals surface area contributed by atoms with E-state index in [1.807, 2.05) is 37.3 Å². The van der Waals surface area contributed by atoms with Gasteiger partial charge in [-0.3, -0.25) is 9.78 Å². The molecule has 1 aromatic carbocycles. The molecule has 100 valence electrons. The van der Waals surface area contributed by atoms with Gasteiger partial charge in [-0.15, -0.1) is 0 Å². The Hall–Kier alpha value is -1.94. The summed E-state index contributed by atoms with van der Waals surface area (Å²) in [5, 5.41) is 3.96. The highest BCUT2D eigenvalue weighted by Crippen LogP contribution is 2.18. The fourth-order valence-electron chi connectivity index (χ4n) is 1.97. The minimum atomic E-state index is -0.0202. The molecule has 0 aliphatic rings. The number of nitrogens with one attached hydrogen (secondary N) is 1. The number of carbonyl (C=O) groups is 1. The Morgan fingerprint density at radius 1 is 1.42 bits per heavy atom. The summed E-state index contributed by atoms with van der Waals surface area (Å²) in [7, 11) is 0. The summed E-state index contributed by atoms with van der Waals surface area (Å²) in [6.07, 6.45) is 3.45. The van der Waals surface area contributed by atoms with Crippen LogP contribution in [0.5, 0.6) is 0 Å². The zero-order chi connectivity index (χ0) is 13.7. The third-order valence-electron chi connectivity index (χ3n) is 3.16. The van der Waals surface area contributed by atoms with Gasteiger partial charge in [-0.05, 0) is 43.7 Å². The molecule has 3 N–H and O–H groups in total. The fourth-order valence-corrected chi connectivity index (χ4v) is 1.97. The molecule has 0 spiro atoms. The molecule has 4 nitrogen and oxygen atoms in total. The molecular formula is C15H19N3O. The van der Waals surface area contributed by atoms with Crippen LogP contribution in [0.2, 0.25) is 0 Å². The topological polar surface area (TPSA) is 68.0 Å². The minimum Gasteiger partial charge on any atom is -0.330 e. The molecule has 1 heterocycles. The van der Waals surface area contributed by atoms with E-state index in [9.17, 15) is 4.79 Å². The van der Waals surface area contributed by atoms with Gasteiger partial charge in [0.1, 0.15) is 0 Å². The average molecular weight is 257 g/mol. The van der Waals surface area contributed by atoms with Crippen LogP contribution < -0.4 is 11.1 Å². The van der Waals surface area contributed by atoms with E-state index >= 15 is 0 Å². The van der Waals surface area contributed by atoms with Crippen molar-refractivity contribution in [2.75, 3.05) is 11.9 Å². The highest BCUT2D eigenvalue weighted by atomic mass is 16.1. The Labute approximate surface area is 113 Å². The summed E-state index contributed by atoms with van der Waals surface area (Å²) >= 11 is 0. The normalized spacial score (nSPS) is 12.3. The number of hydrogen-bond donors (Lipinski definition) is 2. The predicted octanol–water partition coefficient (Wildman–Crippen LogP) is 2.55. The number of fused-ring (bicyclic) bond motifs is 1. The van der Waals surface area contributed by atoms with Gasteiger partial charge in [0, 0.05) is 23.2 Å². The van der Waals surface area contributed by atoms with Crippen molar-refractivity contribution in [3.63, 3.8) is 0 Å². The molecule has 0 fully saturated rings. The number of anilines is 1. The van der Waals surface area contributed by atoms with Crippen LogP contribution in [0.4, 0.5) is 5.69 Å². The van der Waals surface area contributed by atoms with Gasteiger partial charge in [0.25, 0.3) is 0 Å². The SMILES string of the molecule is CC(CCCN)C(=O)Nc1ccc2ncccc2c1. The molecule has 4 heteroatoms. The van der Waals surface area contributed by atoms with E-state index in [1.165, 1.54) is 0 Å². The van der Waals surface area contributed by atoms with Crippen molar-refractivity contribution in [1.29, 1.82) is 0 Å². The van der Waals surface area contributed by atoms with Gasteiger partial charge in [0.2, 0.25) is 5.91 Å². The van der Waals surface area contributed by atoms with Crippen molar-refractivity contribution in [1.82, 2.24) is 4.98 Å². The zero-order valence-corrected chi connectivity index (χ0v) is 11.1. The molecule has 0 aliphatic carbocycles. The number of benzene rings is 1. The Bertz CT molecular complexity index is 568. The van der Waals surface area contributed by atoms with Crippen LogP contribution in [0.3, 0.4) is 0 Å². The highest BCUT2D eigenvalue weighted by Gasteiger charge is 2.12. The number of nitrogens with two attached hydrogens (primary N) is 1. The molecule has 1 aromatic heterocycles. The summed E-state index contributed by atoms with van der Waals surface area (Å²) in [6, 6.07) is 9.60. The lowest BCUT2D eigenvalue weighted by Crippen LogP contribution is -2.21. The Kier molecular flexibility index (Phi) is 4.47. The molecule has 2 aromatic rings. The molecule has 0 saturated heterocycles. The molecule has 1 unspecified atom stereocenters. The Morgan fingerprint density at radius 3 is 3.05 bits per heavy atom. The number of aromatic nitrogens is 1. The lowest BCUT2D eigenvalue weighted by molar-refractivity contribution is -0.119. The number of rotatable bonds is 5. The maximum absolute atomic E-state index is 12.0. The largest absolute Gasteiger partial charge is 0.330 e. The van der Waals surface area contributed by atoms with E-state index in [2.05, 4.69) is 10.3 Å². The summed E-state index contributed by atoms with van der Waals surface area (Å²) in [5.74, 6) is 0.0184. The van der Waals surface area contributed by atoms with Gasteiger partial charge < -0.3 is 11.1 Å². The molecule has 1 amide bonds. The highest BCUT2D eigenvalue weighted by molar-refractivity contribution is 5.94. The van der Waals surface area contributed by atoms with E-state index in [1.54, 1.807) is 6.20 Å². The molecule has 1 atom stereocenters. The van der Waals surface area contributed by atoms with Crippen molar-refractivity contribution < 1.29 is 4.79 Å². The quantitative estimate of drug-likeness (QED) is 0.865. The fraction of sp³-hybridized carbons (Fsp3) is 0.333. The maximum Gasteiger partial charge on any atom is 0.227 e. The second-order valence-corrected chi connectivity index (χ2v) is 4.73. The summed E-state index contributed by atoms with van der Waals surface area (Å²) in [6.45, 7) is 2.55. The smallest absolute Gasteiger partial charge is 0.227 e. The average Bonchev–Trinajstić information content (AvgIpc) is 2.44. The van der Waals surface area contributed by atoms with Gasteiger partial charge in [-0.2, -0.15) is 0 Å². The first-order chi connectivity index (χ1) is 9.20. The van der Waals surface area contributed by atoms with Crippen molar-refractivity contribution in [3.05, 3.63) is 36.5 Å². The second kappa shape index (κ2) is 6.29. The first kappa shape index (κ1) is 13.5. The first-order valence-electron chi connectivity index (χ1n) is 6.56. The molecule has 2 rings (SSSR count). The standard InChI is InChI=1S/C15H19N3O/c1-11(4-2-8-16)15(19)18-13-6-7-14-12(10-13)5-3-9-17-14/h3,5-7,9-11H,2,4,8,16H2,1H3,(H,18,19). The third kappa shape index (κ3) is 3.51. The van der Waals surface area contributed by atoms with Crippen LogP contribution in [-0.2, 0) is 4.79 Å². The molecular weight excluding hydrogens is 238 g/mol. The van der Waals surface area contributed by atoms with Gasteiger partial charge in [0.15, 0.2) is 0 Å². The number of amides is 1. The van der Waals surface area contributed by atoms with Gasteiger partial charge >= 0.3 is 0 Å². The Morgan fingerprint density at radius 2 is 2.26 bits per heavy atom. The lowest BCUT2D eigenvalue weighted by Gasteiger charge is -2.12. The molecule has 19 heavy (non-hydrogen) atoms. The van der Waals surface area contributed by atoms with E-state index in [-0.39, 0.29) is 11.8 Å². The van der Waals surface area contributed by atoms with Crippen LogP contribution in [-0.4, -0.2) is 17.4 Å². The van der Waals surface area contributed by atoms with Gasteiger partial charge in [-0.1, -0.05) is 13.0 Å². The maximum atomic E-state index is 12.0. The van der Waals surface area contributed by atoms with Gasteiger partial charge in [0.05, 0.1) is 5.52 Å². The minimum absolute atomic E-state index is 0.0202. The van der Waals surface area contributed by atoms with E-state index < -0.39 is 0 Å². The third-order valence-corrected chi connectivity index (χ3v) is 3.16. The number of hydrogen-bond acceptors (Lipinski definition) is 3. The van der Waals surface area contributed by atoms with E-state index in [0.717, 1.165) is 29.4 Å². The molecule has 0 aliphatic heterocycles. The zero-order valence-electron chi connectivity index (χ0n) is 11.1. The van der Waals surface area contributed by atoms with Crippen molar-refractivity contribution in [2.24, 2.45) is 11.7 Å². The van der Waals surface area contributed by atoms with Crippen LogP contribution in [0.25, 0.3) is 10.9 Å².